The van der Waals surface area contributed by atoms with Crippen LogP contribution in [-0.4, -0.2) is 31.1 Å². The Hall–Kier alpha value is -3.17. The molecule has 0 saturated heterocycles. The fourth-order valence-electron chi connectivity index (χ4n) is 3.43. The monoisotopic (exact) mass is 426 g/mol. The minimum Gasteiger partial charge on any atom is -0.493 e. The number of rotatable bonds is 6. The van der Waals surface area contributed by atoms with Gasteiger partial charge in [-0.2, -0.15) is 5.10 Å². The second-order valence-corrected chi connectivity index (χ2v) is 7.95. The van der Waals surface area contributed by atoms with Crippen molar-refractivity contribution in [3.05, 3.63) is 71.0 Å². The fourth-order valence-corrected chi connectivity index (χ4v) is 4.09. The number of anilines is 2. The van der Waals surface area contributed by atoms with Gasteiger partial charge in [0.15, 0.2) is 0 Å². The van der Waals surface area contributed by atoms with Crippen molar-refractivity contribution in [2.45, 2.75) is 19.9 Å². The van der Waals surface area contributed by atoms with Crippen molar-refractivity contribution in [2.24, 2.45) is 7.05 Å². The van der Waals surface area contributed by atoms with Crippen molar-refractivity contribution < 1.29 is 18.3 Å². The molecule has 1 aromatic heterocycles. The quantitative estimate of drug-likeness (QED) is 0.591. The van der Waals surface area contributed by atoms with Gasteiger partial charge in [-0.05, 0) is 48.4 Å². The lowest BCUT2D eigenvalue weighted by molar-refractivity contribution is 0.0951. The van der Waals surface area contributed by atoms with Gasteiger partial charge in [0, 0.05) is 37.3 Å². The summed E-state index contributed by atoms with van der Waals surface area (Å²) >= 11 is -2.31. The highest BCUT2D eigenvalue weighted by atomic mass is 32.2. The maximum atomic E-state index is 12.7. The third-order valence-electron chi connectivity index (χ3n) is 4.97. The number of aryl methyl sites for hydroxylation is 2. The molecule has 0 aliphatic carbocycles. The van der Waals surface area contributed by atoms with Crippen LogP contribution in [0.15, 0.2) is 48.8 Å². The molecule has 2 heterocycles. The third-order valence-corrected chi connectivity index (χ3v) is 5.69. The van der Waals surface area contributed by atoms with Crippen LogP contribution in [0.4, 0.5) is 11.4 Å². The molecule has 0 saturated carbocycles. The number of nitrogens with one attached hydrogen (secondary N) is 1. The first-order valence-corrected chi connectivity index (χ1v) is 10.5. The lowest BCUT2D eigenvalue weighted by atomic mass is 10.1. The molecule has 1 atom stereocenters. The van der Waals surface area contributed by atoms with Crippen molar-refractivity contribution in [3.8, 4) is 5.75 Å². The van der Waals surface area contributed by atoms with Crippen molar-refractivity contribution in [2.75, 3.05) is 10.9 Å². The largest absolute Gasteiger partial charge is 0.493 e. The van der Waals surface area contributed by atoms with Gasteiger partial charge in [0.25, 0.3) is 17.2 Å². The van der Waals surface area contributed by atoms with Crippen molar-refractivity contribution in [1.82, 2.24) is 15.1 Å². The molecular formula is C21H22N4O4S. The van der Waals surface area contributed by atoms with Crippen molar-refractivity contribution >= 4 is 28.5 Å². The van der Waals surface area contributed by atoms with Gasteiger partial charge in [-0.25, -0.2) is 8.51 Å². The molecule has 0 fully saturated rings. The Morgan fingerprint density at radius 1 is 1.33 bits per heavy atom. The maximum Gasteiger partial charge on any atom is 0.266 e. The predicted octanol–water partition coefficient (Wildman–Crippen LogP) is 2.87. The Morgan fingerprint density at radius 2 is 2.17 bits per heavy atom. The Morgan fingerprint density at radius 3 is 2.90 bits per heavy atom. The number of hydrogen-bond donors (Lipinski definition) is 2. The van der Waals surface area contributed by atoms with E-state index in [1.54, 1.807) is 41.2 Å². The van der Waals surface area contributed by atoms with Crippen LogP contribution in [0.3, 0.4) is 0 Å². The van der Waals surface area contributed by atoms with Gasteiger partial charge in [0.2, 0.25) is 0 Å². The molecule has 2 N–H and O–H groups in total. The minimum absolute atomic E-state index is 0.272. The molecule has 8 nitrogen and oxygen atoms in total. The Bertz CT molecular complexity index is 1130. The lowest BCUT2D eigenvalue weighted by Crippen LogP contribution is -2.24. The van der Waals surface area contributed by atoms with E-state index < -0.39 is 11.3 Å². The molecular weight excluding hydrogens is 404 g/mol. The van der Waals surface area contributed by atoms with Crippen LogP contribution in [0.5, 0.6) is 5.75 Å². The second-order valence-electron chi connectivity index (χ2n) is 7.12. The summed E-state index contributed by atoms with van der Waals surface area (Å²) in [5.74, 6) is 0.522. The van der Waals surface area contributed by atoms with E-state index in [0.29, 0.717) is 30.1 Å². The lowest BCUT2D eigenvalue weighted by Gasteiger charge is -2.23. The number of hydrogen-bond acceptors (Lipinski definition) is 4. The summed E-state index contributed by atoms with van der Waals surface area (Å²) in [7, 11) is 1.81. The molecule has 156 valence electrons. The summed E-state index contributed by atoms with van der Waals surface area (Å²) in [5.41, 5.74) is 4.11. The highest BCUT2D eigenvalue weighted by Crippen LogP contribution is 2.35. The zero-order valence-electron chi connectivity index (χ0n) is 16.7. The molecule has 0 radical (unpaired) electrons. The molecule has 9 heteroatoms. The van der Waals surface area contributed by atoms with Gasteiger partial charge in [-0.1, -0.05) is 6.07 Å². The van der Waals surface area contributed by atoms with Crippen LogP contribution in [0.2, 0.25) is 0 Å². The minimum atomic E-state index is -2.31. The molecule has 0 spiro atoms. The fraction of sp³-hybridized carbons (Fsp3) is 0.238. The van der Waals surface area contributed by atoms with E-state index in [4.69, 9.17) is 4.74 Å². The van der Waals surface area contributed by atoms with Gasteiger partial charge >= 0.3 is 0 Å². The first-order valence-electron chi connectivity index (χ1n) is 9.45. The molecule has 3 aromatic rings. The molecule has 30 heavy (non-hydrogen) atoms. The van der Waals surface area contributed by atoms with Crippen LogP contribution in [0.25, 0.3) is 0 Å². The van der Waals surface area contributed by atoms with Crippen molar-refractivity contribution in [1.29, 1.82) is 0 Å². The van der Waals surface area contributed by atoms with E-state index in [1.165, 1.54) is 4.31 Å². The Kier molecular flexibility index (Phi) is 5.56. The number of amides is 1. The summed E-state index contributed by atoms with van der Waals surface area (Å²) in [6.45, 7) is 2.78. The van der Waals surface area contributed by atoms with E-state index in [0.717, 1.165) is 28.9 Å². The maximum absolute atomic E-state index is 12.7. The summed E-state index contributed by atoms with van der Waals surface area (Å²) < 4.78 is 30.8. The highest BCUT2D eigenvalue weighted by molar-refractivity contribution is 7.81. The Balaban J connectivity index is 1.62. The van der Waals surface area contributed by atoms with Crippen LogP contribution >= 0.6 is 0 Å². The number of benzene rings is 2. The van der Waals surface area contributed by atoms with Gasteiger partial charge in [-0.15, -0.1) is 0 Å². The topological polar surface area (TPSA) is 96.7 Å². The molecule has 4 rings (SSSR count). The number of carbonyl (C=O) groups is 1. The first kappa shape index (κ1) is 20.1. The molecule has 0 bridgehead atoms. The van der Waals surface area contributed by atoms with E-state index in [-0.39, 0.29) is 5.91 Å². The SMILES string of the molecule is Cc1ccc(C(=O)NCc2cnn(C)c2)cc1N(c1ccc2c(c1)CCO2)S(=O)O. The predicted molar refractivity (Wildman–Crippen MR) is 114 cm³/mol. The zero-order chi connectivity index (χ0) is 21.3. The van der Waals surface area contributed by atoms with Gasteiger partial charge in [0.1, 0.15) is 5.75 Å². The van der Waals surface area contributed by atoms with Crippen LogP contribution in [-0.2, 0) is 31.3 Å². The molecule has 2 aromatic carbocycles. The molecule has 1 amide bonds. The van der Waals surface area contributed by atoms with Gasteiger partial charge < -0.3 is 10.1 Å². The molecule has 1 aliphatic heterocycles. The van der Waals surface area contributed by atoms with E-state index in [1.807, 2.05) is 26.2 Å². The third kappa shape index (κ3) is 4.07. The zero-order valence-corrected chi connectivity index (χ0v) is 17.5. The van der Waals surface area contributed by atoms with Crippen molar-refractivity contribution in [3.63, 3.8) is 0 Å². The summed E-state index contributed by atoms with van der Waals surface area (Å²) in [5, 5.41) is 6.93. The number of aromatic nitrogens is 2. The van der Waals surface area contributed by atoms with Gasteiger partial charge in [0.05, 0.1) is 24.2 Å². The van der Waals surface area contributed by atoms with Crippen LogP contribution < -0.4 is 14.4 Å². The average Bonchev–Trinajstić information content (AvgIpc) is 3.35. The number of fused-ring (bicyclic) bond motifs is 1. The van der Waals surface area contributed by atoms with E-state index in [9.17, 15) is 13.6 Å². The van der Waals surface area contributed by atoms with Crippen LogP contribution in [0, 0.1) is 6.92 Å². The van der Waals surface area contributed by atoms with Gasteiger partial charge in [-0.3, -0.25) is 14.0 Å². The summed E-state index contributed by atoms with van der Waals surface area (Å²) in [6, 6.07) is 10.5. The smallest absolute Gasteiger partial charge is 0.266 e. The van der Waals surface area contributed by atoms with E-state index >= 15 is 0 Å². The Labute approximate surface area is 176 Å². The number of ether oxygens (including phenoxy) is 1. The second kappa shape index (κ2) is 8.29. The summed E-state index contributed by atoms with van der Waals surface area (Å²) in [4.78, 5) is 12.7. The molecule has 1 unspecified atom stereocenters. The average molecular weight is 426 g/mol. The standard InChI is InChI=1S/C21H22N4O4S/c1-14-3-4-17(21(26)22-11-15-12-23-24(2)13-15)10-19(14)25(30(27)28)18-5-6-20-16(9-18)7-8-29-20/h3-6,9-10,12-13H,7-8,11H2,1-2H3,(H,22,26)(H,27,28). The van der Waals surface area contributed by atoms with Crippen LogP contribution in [0.1, 0.15) is 27.0 Å². The first-order chi connectivity index (χ1) is 14.4. The summed E-state index contributed by atoms with van der Waals surface area (Å²) in [6.07, 6.45) is 4.27. The molecule has 1 aliphatic rings. The van der Waals surface area contributed by atoms with E-state index in [2.05, 4.69) is 10.4 Å². The normalized spacial score (nSPS) is 13.4. The number of carbonyl (C=O) groups excluding carboxylic acids is 1. The number of nitrogens with zero attached hydrogens (tertiary/aromatic N) is 3. The highest BCUT2D eigenvalue weighted by Gasteiger charge is 2.22.